The number of carbonyl (C=O) groups excluding carboxylic acids is 1. The number of hydrogen-bond acceptors (Lipinski definition) is 4. The molecule has 5 nitrogen and oxygen atoms in total. The molecule has 1 N–H and O–H groups in total. The Morgan fingerprint density at radius 2 is 2.53 bits per heavy atom. The minimum Gasteiger partial charge on any atom is -0.461 e. The summed E-state index contributed by atoms with van der Waals surface area (Å²) in [4.78, 5) is 11.6. The molecular weight excluding hydrogens is 309 g/mol. The van der Waals surface area contributed by atoms with Crippen LogP contribution in [0, 0.1) is 3.57 Å². The molecule has 15 heavy (non-hydrogen) atoms. The number of halogens is 1. The maximum Gasteiger partial charge on any atom is 0.359 e. The first kappa shape index (κ1) is 10.9. The molecule has 0 aliphatic carbocycles. The molecule has 0 aromatic carbocycles. The summed E-state index contributed by atoms with van der Waals surface area (Å²) >= 11 is 2.15. The molecule has 1 aliphatic heterocycles. The van der Waals surface area contributed by atoms with Crippen molar-refractivity contribution in [3.8, 4) is 0 Å². The number of nitrogens with one attached hydrogen (secondary N) is 1. The van der Waals surface area contributed by atoms with Gasteiger partial charge in [0.05, 0.1) is 22.4 Å². The van der Waals surface area contributed by atoms with Gasteiger partial charge in [0.25, 0.3) is 0 Å². The Balaban J connectivity index is 2.32. The molecule has 0 fully saturated rings. The van der Waals surface area contributed by atoms with Crippen LogP contribution in [0.5, 0.6) is 0 Å². The number of rotatable bonds is 2. The van der Waals surface area contributed by atoms with Gasteiger partial charge in [-0.15, -0.1) is 0 Å². The van der Waals surface area contributed by atoms with Crippen molar-refractivity contribution in [2.75, 3.05) is 13.2 Å². The zero-order valence-corrected chi connectivity index (χ0v) is 10.6. The van der Waals surface area contributed by atoms with Crippen molar-refractivity contribution in [2.24, 2.45) is 0 Å². The van der Waals surface area contributed by atoms with Gasteiger partial charge in [0.1, 0.15) is 0 Å². The van der Waals surface area contributed by atoms with Crippen LogP contribution < -0.4 is 5.32 Å². The van der Waals surface area contributed by atoms with E-state index in [1.165, 1.54) is 0 Å². The Morgan fingerprint density at radius 3 is 3.20 bits per heavy atom. The summed E-state index contributed by atoms with van der Waals surface area (Å²) in [6.45, 7) is 4.65. The van der Waals surface area contributed by atoms with Crippen LogP contribution >= 0.6 is 22.6 Å². The second-order valence-corrected chi connectivity index (χ2v) is 4.31. The lowest BCUT2D eigenvalue weighted by molar-refractivity contribution is 0.0517. The molecule has 0 amide bonds. The third-order valence-corrected chi connectivity index (χ3v) is 3.39. The average molecular weight is 321 g/mol. The molecule has 2 rings (SSSR count). The second-order valence-electron chi connectivity index (χ2n) is 3.23. The summed E-state index contributed by atoms with van der Waals surface area (Å²) in [5.41, 5.74) is 1.51. The van der Waals surface area contributed by atoms with Crippen molar-refractivity contribution in [1.82, 2.24) is 15.1 Å². The highest BCUT2D eigenvalue weighted by molar-refractivity contribution is 14.1. The van der Waals surface area contributed by atoms with Crippen LogP contribution in [0.15, 0.2) is 0 Å². The van der Waals surface area contributed by atoms with E-state index in [4.69, 9.17) is 4.74 Å². The standard InChI is InChI=1S/C9H12IN3O2/c1-2-15-9(14)8-7(10)6-5-11-3-4-13(6)12-8/h11H,2-5H2,1H3. The van der Waals surface area contributed by atoms with E-state index < -0.39 is 0 Å². The normalized spacial score (nSPS) is 14.8. The Hall–Kier alpha value is -0.630. The maximum atomic E-state index is 11.6. The topological polar surface area (TPSA) is 56.1 Å². The monoisotopic (exact) mass is 321 g/mol. The van der Waals surface area contributed by atoms with Crippen LogP contribution in [0.4, 0.5) is 0 Å². The lowest BCUT2D eigenvalue weighted by Crippen LogP contribution is -2.28. The number of hydrogen-bond donors (Lipinski definition) is 1. The van der Waals surface area contributed by atoms with Gasteiger partial charge in [-0.3, -0.25) is 4.68 Å². The molecule has 1 aromatic rings. The first-order chi connectivity index (χ1) is 7.24. The zero-order chi connectivity index (χ0) is 10.8. The van der Waals surface area contributed by atoms with Crippen LogP contribution in [0.1, 0.15) is 23.1 Å². The summed E-state index contributed by atoms with van der Waals surface area (Å²) in [6, 6.07) is 0. The molecule has 1 aromatic heterocycles. The van der Waals surface area contributed by atoms with Crippen LogP contribution in [0.25, 0.3) is 0 Å². The molecule has 2 heterocycles. The summed E-state index contributed by atoms with van der Waals surface area (Å²) in [5, 5.41) is 7.51. The SMILES string of the molecule is CCOC(=O)c1nn2c(c1I)CNCC2. The number of esters is 1. The molecule has 0 bridgehead atoms. The number of carbonyl (C=O) groups is 1. The third-order valence-electron chi connectivity index (χ3n) is 2.26. The van der Waals surface area contributed by atoms with Gasteiger partial charge in [-0.05, 0) is 29.5 Å². The van der Waals surface area contributed by atoms with Gasteiger partial charge in [-0.1, -0.05) is 0 Å². The Bertz CT molecular complexity index is 389. The predicted octanol–water partition coefficient (Wildman–Crippen LogP) is 0.768. The van der Waals surface area contributed by atoms with E-state index in [-0.39, 0.29) is 5.97 Å². The second kappa shape index (κ2) is 4.48. The summed E-state index contributed by atoms with van der Waals surface area (Å²) in [7, 11) is 0. The Kier molecular flexibility index (Phi) is 3.25. The number of fused-ring (bicyclic) bond motifs is 1. The molecule has 0 saturated heterocycles. The molecule has 1 aliphatic rings. The highest BCUT2D eigenvalue weighted by Crippen LogP contribution is 2.19. The van der Waals surface area contributed by atoms with E-state index in [0.717, 1.165) is 28.9 Å². The number of nitrogens with zero attached hydrogens (tertiary/aromatic N) is 2. The van der Waals surface area contributed by atoms with E-state index in [1.54, 1.807) is 6.92 Å². The minimum atomic E-state index is -0.330. The van der Waals surface area contributed by atoms with E-state index in [1.807, 2.05) is 4.68 Å². The van der Waals surface area contributed by atoms with E-state index >= 15 is 0 Å². The first-order valence-electron chi connectivity index (χ1n) is 4.87. The van der Waals surface area contributed by atoms with Crippen LogP contribution in [-0.2, 0) is 17.8 Å². The van der Waals surface area contributed by atoms with Gasteiger partial charge in [-0.2, -0.15) is 5.10 Å². The fraction of sp³-hybridized carbons (Fsp3) is 0.556. The van der Waals surface area contributed by atoms with Crippen LogP contribution in [0.3, 0.4) is 0 Å². The molecule has 0 radical (unpaired) electrons. The molecular formula is C9H12IN3O2. The largest absolute Gasteiger partial charge is 0.461 e. The molecule has 82 valence electrons. The van der Waals surface area contributed by atoms with Crippen molar-refractivity contribution in [3.63, 3.8) is 0 Å². The lowest BCUT2D eigenvalue weighted by atomic mass is 10.3. The van der Waals surface area contributed by atoms with Crippen molar-refractivity contribution in [2.45, 2.75) is 20.0 Å². The van der Waals surface area contributed by atoms with Gasteiger partial charge >= 0.3 is 5.97 Å². The van der Waals surface area contributed by atoms with Crippen LogP contribution in [-0.4, -0.2) is 28.9 Å². The van der Waals surface area contributed by atoms with Crippen molar-refractivity contribution in [1.29, 1.82) is 0 Å². The van der Waals surface area contributed by atoms with E-state index in [0.29, 0.717) is 12.3 Å². The number of ether oxygens (including phenoxy) is 1. The van der Waals surface area contributed by atoms with Gasteiger partial charge in [0.2, 0.25) is 0 Å². The molecule has 0 saturated carbocycles. The smallest absolute Gasteiger partial charge is 0.359 e. The third kappa shape index (κ3) is 2.00. The van der Waals surface area contributed by atoms with Crippen molar-refractivity contribution in [3.05, 3.63) is 15.0 Å². The average Bonchev–Trinajstić information content (AvgIpc) is 2.57. The van der Waals surface area contributed by atoms with Gasteiger partial charge in [0, 0.05) is 13.1 Å². The molecule has 0 unspecified atom stereocenters. The molecule has 0 spiro atoms. The van der Waals surface area contributed by atoms with E-state index in [2.05, 4.69) is 33.0 Å². The predicted molar refractivity (Wildman–Crippen MR) is 62.6 cm³/mol. The first-order valence-corrected chi connectivity index (χ1v) is 5.95. The van der Waals surface area contributed by atoms with E-state index in [9.17, 15) is 4.79 Å². The Labute approximate surface area is 101 Å². The van der Waals surface area contributed by atoms with Gasteiger partial charge < -0.3 is 10.1 Å². The lowest BCUT2D eigenvalue weighted by Gasteiger charge is -2.14. The van der Waals surface area contributed by atoms with Crippen molar-refractivity contribution < 1.29 is 9.53 Å². The summed E-state index contributed by atoms with van der Waals surface area (Å²) in [5.74, 6) is -0.330. The highest BCUT2D eigenvalue weighted by Gasteiger charge is 2.23. The minimum absolute atomic E-state index is 0.330. The zero-order valence-electron chi connectivity index (χ0n) is 8.42. The summed E-state index contributed by atoms with van der Waals surface area (Å²) in [6.07, 6.45) is 0. The maximum absolute atomic E-state index is 11.6. The fourth-order valence-electron chi connectivity index (χ4n) is 1.55. The fourth-order valence-corrected chi connectivity index (χ4v) is 2.35. The highest BCUT2D eigenvalue weighted by atomic mass is 127. The van der Waals surface area contributed by atoms with Gasteiger partial charge in [0.15, 0.2) is 5.69 Å². The molecule has 0 atom stereocenters. The van der Waals surface area contributed by atoms with Gasteiger partial charge in [-0.25, -0.2) is 4.79 Å². The van der Waals surface area contributed by atoms with Crippen molar-refractivity contribution >= 4 is 28.6 Å². The quantitative estimate of drug-likeness (QED) is 0.646. The summed E-state index contributed by atoms with van der Waals surface area (Å²) < 4.78 is 7.73. The molecule has 6 heteroatoms. The number of aromatic nitrogens is 2. The Morgan fingerprint density at radius 1 is 1.73 bits per heavy atom. The van der Waals surface area contributed by atoms with Crippen LogP contribution in [0.2, 0.25) is 0 Å².